The molecule has 3 heteroatoms. The van der Waals surface area contributed by atoms with E-state index in [1.807, 2.05) is 37.3 Å². The molecule has 0 aliphatic rings. The molecule has 0 spiro atoms. The highest BCUT2D eigenvalue weighted by molar-refractivity contribution is 6.74. The van der Waals surface area contributed by atoms with Gasteiger partial charge in [0.05, 0.1) is 12.2 Å². The highest BCUT2D eigenvalue weighted by Crippen LogP contribution is 2.41. The summed E-state index contributed by atoms with van der Waals surface area (Å²) in [7, 11) is -1.97. The van der Waals surface area contributed by atoms with E-state index in [1.165, 1.54) is 0 Å². The van der Waals surface area contributed by atoms with Gasteiger partial charge in [0.25, 0.3) is 0 Å². The molecular weight excluding hydrogens is 276 g/mol. The van der Waals surface area contributed by atoms with Crippen molar-refractivity contribution in [1.82, 2.24) is 0 Å². The molecule has 21 heavy (non-hydrogen) atoms. The Labute approximate surface area is 131 Å². The van der Waals surface area contributed by atoms with Crippen molar-refractivity contribution in [3.63, 3.8) is 0 Å². The Morgan fingerprint density at radius 3 is 2.14 bits per heavy atom. The third-order valence-electron chi connectivity index (χ3n) is 4.58. The van der Waals surface area contributed by atoms with Crippen LogP contribution in [-0.2, 0) is 4.43 Å². The van der Waals surface area contributed by atoms with Crippen molar-refractivity contribution in [2.45, 2.75) is 58.0 Å². The van der Waals surface area contributed by atoms with Crippen LogP contribution < -0.4 is 0 Å². The number of hydrogen-bond acceptors (Lipinski definition) is 2. The molecule has 0 aromatic heterocycles. The molecule has 1 aromatic carbocycles. The van der Waals surface area contributed by atoms with Crippen LogP contribution in [0.25, 0.3) is 0 Å². The molecule has 0 saturated heterocycles. The van der Waals surface area contributed by atoms with Gasteiger partial charge in [-0.2, -0.15) is 0 Å². The molecule has 0 fully saturated rings. The average molecular weight is 307 g/mol. The molecular formula is C18H30O2Si. The van der Waals surface area contributed by atoms with Gasteiger partial charge in [-0.05, 0) is 23.7 Å². The van der Waals surface area contributed by atoms with Gasteiger partial charge in [0.15, 0.2) is 8.32 Å². The van der Waals surface area contributed by atoms with Crippen LogP contribution in [0.5, 0.6) is 0 Å². The van der Waals surface area contributed by atoms with Crippen molar-refractivity contribution in [1.29, 1.82) is 0 Å². The first-order chi connectivity index (χ1) is 9.60. The molecule has 118 valence electrons. The van der Waals surface area contributed by atoms with Crippen molar-refractivity contribution in [2.75, 3.05) is 0 Å². The van der Waals surface area contributed by atoms with Gasteiger partial charge < -0.3 is 9.53 Å². The normalized spacial score (nSPS) is 17.1. The van der Waals surface area contributed by atoms with Crippen LogP contribution in [0, 0.1) is 5.92 Å². The molecule has 0 radical (unpaired) electrons. The Bertz CT molecular complexity index is 448. The fourth-order valence-electron chi connectivity index (χ4n) is 1.89. The third-order valence-corrected chi connectivity index (χ3v) is 9.03. The lowest BCUT2D eigenvalue weighted by molar-refractivity contribution is 0.00506. The predicted molar refractivity (Wildman–Crippen MR) is 92.8 cm³/mol. The Balaban J connectivity index is 3.12. The fourth-order valence-corrected chi connectivity index (χ4v) is 3.15. The topological polar surface area (TPSA) is 29.5 Å². The lowest BCUT2D eigenvalue weighted by atomic mass is 9.95. The van der Waals surface area contributed by atoms with E-state index in [0.717, 1.165) is 5.56 Å². The molecule has 0 aliphatic carbocycles. The van der Waals surface area contributed by atoms with Crippen LogP contribution in [-0.4, -0.2) is 19.5 Å². The zero-order valence-corrected chi connectivity index (χ0v) is 15.3. The Morgan fingerprint density at radius 2 is 1.71 bits per heavy atom. The Morgan fingerprint density at radius 1 is 1.19 bits per heavy atom. The van der Waals surface area contributed by atoms with Gasteiger partial charge in [0.2, 0.25) is 0 Å². The number of aliphatic hydroxyl groups excluding tert-OH is 1. The van der Waals surface area contributed by atoms with Crippen LogP contribution in [0.3, 0.4) is 0 Å². The van der Waals surface area contributed by atoms with Crippen LogP contribution >= 0.6 is 0 Å². The molecule has 0 heterocycles. The summed E-state index contributed by atoms with van der Waals surface area (Å²) in [6.45, 7) is 16.8. The molecule has 0 bridgehead atoms. The second-order valence-corrected chi connectivity index (χ2v) is 12.1. The summed E-state index contributed by atoms with van der Waals surface area (Å²) in [5.41, 5.74) is 1.03. The molecule has 1 N–H and O–H groups in total. The van der Waals surface area contributed by atoms with Crippen molar-refractivity contribution in [2.24, 2.45) is 5.92 Å². The lowest BCUT2D eigenvalue weighted by Gasteiger charge is -2.41. The predicted octanol–water partition coefficient (Wildman–Crippen LogP) is 4.93. The van der Waals surface area contributed by atoms with Crippen LogP contribution in [0.15, 0.2) is 43.0 Å². The molecule has 2 nitrogen and oxygen atoms in total. The van der Waals surface area contributed by atoms with E-state index in [0.29, 0.717) is 0 Å². The summed E-state index contributed by atoms with van der Waals surface area (Å²) in [5.74, 6) is -0.0139. The van der Waals surface area contributed by atoms with Crippen LogP contribution in [0.1, 0.15) is 39.4 Å². The summed E-state index contributed by atoms with van der Waals surface area (Å²) in [5, 5.41) is 10.8. The molecule has 0 saturated carbocycles. The first-order valence-electron chi connectivity index (χ1n) is 7.63. The maximum Gasteiger partial charge on any atom is 0.193 e. The first kappa shape index (κ1) is 18.1. The Hall–Kier alpha value is -0.903. The fraction of sp³-hybridized carbons (Fsp3) is 0.556. The maximum atomic E-state index is 10.7. The van der Waals surface area contributed by atoms with E-state index < -0.39 is 14.4 Å². The van der Waals surface area contributed by atoms with Crippen LogP contribution in [0.2, 0.25) is 18.1 Å². The standard InChI is InChI=1S/C18H30O2Si/c1-8-14(2)16(19)17(15-12-10-9-11-13-15)20-21(6,7)18(3,4)5/h8-14,16-17,19H,1H2,2-7H3/t14-,16+,17+/m1/s1. The van der Waals surface area contributed by atoms with Gasteiger partial charge in [-0.25, -0.2) is 0 Å². The first-order valence-corrected chi connectivity index (χ1v) is 10.5. The van der Waals surface area contributed by atoms with Gasteiger partial charge in [-0.1, -0.05) is 64.1 Å². The van der Waals surface area contributed by atoms with E-state index in [2.05, 4.69) is 40.4 Å². The lowest BCUT2D eigenvalue weighted by Crippen LogP contribution is -2.44. The third kappa shape index (κ3) is 4.53. The van der Waals surface area contributed by atoms with Gasteiger partial charge in [0, 0.05) is 5.92 Å². The zero-order valence-electron chi connectivity index (χ0n) is 14.3. The van der Waals surface area contributed by atoms with Crippen molar-refractivity contribution in [3.05, 3.63) is 48.6 Å². The Kier molecular flexibility index (Phi) is 5.97. The molecule has 0 aliphatic heterocycles. The van der Waals surface area contributed by atoms with Crippen LogP contribution in [0.4, 0.5) is 0 Å². The van der Waals surface area contributed by atoms with Crippen molar-refractivity contribution >= 4 is 8.32 Å². The minimum Gasteiger partial charge on any atom is -0.407 e. The highest BCUT2D eigenvalue weighted by atomic mass is 28.4. The van der Waals surface area contributed by atoms with Crippen molar-refractivity contribution in [3.8, 4) is 0 Å². The van der Waals surface area contributed by atoms with E-state index >= 15 is 0 Å². The summed E-state index contributed by atoms with van der Waals surface area (Å²) >= 11 is 0. The summed E-state index contributed by atoms with van der Waals surface area (Å²) < 4.78 is 6.51. The monoisotopic (exact) mass is 306 g/mol. The quantitative estimate of drug-likeness (QED) is 0.596. The van der Waals surface area contributed by atoms with E-state index in [-0.39, 0.29) is 17.1 Å². The van der Waals surface area contributed by atoms with Crippen molar-refractivity contribution < 1.29 is 9.53 Å². The molecule has 1 rings (SSSR count). The second-order valence-electron chi connectivity index (χ2n) is 7.29. The largest absolute Gasteiger partial charge is 0.407 e. The number of hydrogen-bond donors (Lipinski definition) is 1. The molecule has 3 atom stereocenters. The van der Waals surface area contributed by atoms with E-state index in [9.17, 15) is 5.11 Å². The number of rotatable bonds is 6. The summed E-state index contributed by atoms with van der Waals surface area (Å²) in [4.78, 5) is 0. The summed E-state index contributed by atoms with van der Waals surface area (Å²) in [6.07, 6.45) is 0.898. The van der Waals surface area contributed by atoms with Gasteiger partial charge >= 0.3 is 0 Å². The number of aliphatic hydroxyl groups is 1. The van der Waals surface area contributed by atoms with Gasteiger partial charge in [-0.15, -0.1) is 6.58 Å². The molecule has 0 unspecified atom stereocenters. The van der Waals surface area contributed by atoms with Gasteiger partial charge in [-0.3, -0.25) is 0 Å². The SMILES string of the molecule is C=C[C@@H](C)[C@H](O)[C@@H](O[Si](C)(C)C(C)(C)C)c1ccccc1. The number of benzene rings is 1. The zero-order chi connectivity index (χ0) is 16.3. The summed E-state index contributed by atoms with van der Waals surface area (Å²) in [6, 6.07) is 10.0. The van der Waals surface area contributed by atoms with E-state index in [1.54, 1.807) is 6.08 Å². The molecule has 1 aromatic rings. The average Bonchev–Trinajstić information content (AvgIpc) is 2.43. The highest BCUT2D eigenvalue weighted by Gasteiger charge is 2.41. The smallest absolute Gasteiger partial charge is 0.193 e. The molecule has 0 amide bonds. The van der Waals surface area contributed by atoms with Gasteiger partial charge in [0.1, 0.15) is 0 Å². The second kappa shape index (κ2) is 6.90. The minimum atomic E-state index is -1.97. The van der Waals surface area contributed by atoms with E-state index in [4.69, 9.17) is 4.43 Å². The maximum absolute atomic E-state index is 10.7. The minimum absolute atomic E-state index is 0.0139.